The van der Waals surface area contributed by atoms with Gasteiger partial charge in [0, 0.05) is 19.1 Å². The first-order valence-corrected chi connectivity index (χ1v) is 7.14. The van der Waals surface area contributed by atoms with Gasteiger partial charge in [0.05, 0.1) is 0 Å². The fourth-order valence-corrected chi connectivity index (χ4v) is 3.44. The zero-order valence-electron chi connectivity index (χ0n) is 9.86. The Morgan fingerprint density at radius 1 is 1.40 bits per heavy atom. The molecule has 1 atom stereocenters. The second kappa shape index (κ2) is 5.27. The third-order valence-corrected chi connectivity index (χ3v) is 4.42. The summed E-state index contributed by atoms with van der Waals surface area (Å²) in [5.41, 5.74) is 0. The second-order valence-electron chi connectivity index (χ2n) is 4.70. The van der Waals surface area contributed by atoms with Crippen LogP contribution in [0.25, 0.3) is 0 Å². The van der Waals surface area contributed by atoms with E-state index in [4.69, 9.17) is 0 Å². The Labute approximate surface area is 93.2 Å². The largest absolute Gasteiger partial charge is 0.279 e. The Bertz CT molecular complexity index is 288. The summed E-state index contributed by atoms with van der Waals surface area (Å²) in [6.07, 6.45) is 3.09. The fourth-order valence-electron chi connectivity index (χ4n) is 1.78. The van der Waals surface area contributed by atoms with Gasteiger partial charge in [0.15, 0.2) is 0 Å². The number of hydrogen-bond acceptors (Lipinski definition) is 2. The summed E-state index contributed by atoms with van der Waals surface area (Å²) in [4.78, 5) is 0. The molecule has 1 aliphatic rings. The molecule has 0 amide bonds. The summed E-state index contributed by atoms with van der Waals surface area (Å²) in [5, 5.41) is 0. The van der Waals surface area contributed by atoms with Crippen molar-refractivity contribution in [3.8, 4) is 0 Å². The maximum absolute atomic E-state index is 11.9. The number of piperidine rings is 1. The molecule has 0 aliphatic carbocycles. The summed E-state index contributed by atoms with van der Waals surface area (Å²) in [7, 11) is -3.24. The first-order valence-electron chi connectivity index (χ1n) is 5.70. The molecule has 0 bridgehead atoms. The Morgan fingerprint density at radius 2 is 2.07 bits per heavy atom. The SMILES string of the molecule is CC(C)CNS(=O)(=O)N1CCCC[C@@H]1C. The fraction of sp³-hybridized carbons (Fsp3) is 1.00. The second-order valence-corrected chi connectivity index (χ2v) is 6.41. The molecule has 1 rings (SSSR count). The van der Waals surface area contributed by atoms with Crippen LogP contribution in [0.5, 0.6) is 0 Å². The highest BCUT2D eigenvalue weighted by atomic mass is 32.2. The lowest BCUT2D eigenvalue weighted by Gasteiger charge is -2.32. The lowest BCUT2D eigenvalue weighted by Crippen LogP contribution is -2.48. The van der Waals surface area contributed by atoms with Gasteiger partial charge in [-0.3, -0.25) is 0 Å². The topological polar surface area (TPSA) is 49.4 Å². The predicted octanol–water partition coefficient (Wildman–Crippen LogP) is 1.35. The van der Waals surface area contributed by atoms with Gasteiger partial charge in [-0.1, -0.05) is 20.3 Å². The maximum atomic E-state index is 11.9. The summed E-state index contributed by atoms with van der Waals surface area (Å²) in [6, 6.07) is 0.142. The Hall–Kier alpha value is -0.130. The van der Waals surface area contributed by atoms with Crippen molar-refractivity contribution in [3.05, 3.63) is 0 Å². The highest BCUT2D eigenvalue weighted by molar-refractivity contribution is 7.87. The van der Waals surface area contributed by atoms with Gasteiger partial charge in [-0.2, -0.15) is 12.7 Å². The number of rotatable bonds is 4. The zero-order chi connectivity index (χ0) is 11.5. The maximum Gasteiger partial charge on any atom is 0.279 e. The molecule has 1 aliphatic heterocycles. The van der Waals surface area contributed by atoms with Crippen LogP contribution in [0, 0.1) is 5.92 Å². The summed E-state index contributed by atoms with van der Waals surface area (Å²) >= 11 is 0. The quantitative estimate of drug-likeness (QED) is 0.798. The molecule has 1 heterocycles. The van der Waals surface area contributed by atoms with Gasteiger partial charge in [0.25, 0.3) is 10.2 Å². The van der Waals surface area contributed by atoms with E-state index in [1.807, 2.05) is 20.8 Å². The Balaban J connectivity index is 2.59. The average Bonchev–Trinajstić information content (AvgIpc) is 2.15. The van der Waals surface area contributed by atoms with Crippen LogP contribution >= 0.6 is 0 Å². The molecule has 1 saturated heterocycles. The molecule has 90 valence electrons. The minimum Gasteiger partial charge on any atom is -0.202 e. The van der Waals surface area contributed by atoms with Gasteiger partial charge in [-0.05, 0) is 25.7 Å². The van der Waals surface area contributed by atoms with Crippen LogP contribution in [0.1, 0.15) is 40.0 Å². The minimum atomic E-state index is -3.24. The van der Waals surface area contributed by atoms with Crippen molar-refractivity contribution < 1.29 is 8.42 Å². The summed E-state index contributed by atoms with van der Waals surface area (Å²) < 4.78 is 28.1. The molecule has 5 heteroatoms. The average molecular weight is 234 g/mol. The Morgan fingerprint density at radius 3 is 2.60 bits per heavy atom. The molecule has 0 unspecified atom stereocenters. The van der Waals surface area contributed by atoms with Crippen molar-refractivity contribution in [2.45, 2.75) is 46.1 Å². The third kappa shape index (κ3) is 3.74. The minimum absolute atomic E-state index is 0.142. The van der Waals surface area contributed by atoms with Crippen LogP contribution in [0.4, 0.5) is 0 Å². The van der Waals surface area contributed by atoms with E-state index in [0.717, 1.165) is 19.3 Å². The van der Waals surface area contributed by atoms with Crippen molar-refractivity contribution in [3.63, 3.8) is 0 Å². The summed E-state index contributed by atoms with van der Waals surface area (Å²) in [5.74, 6) is 0.347. The number of nitrogens with zero attached hydrogens (tertiary/aromatic N) is 1. The van der Waals surface area contributed by atoms with Crippen LogP contribution in [0.3, 0.4) is 0 Å². The monoisotopic (exact) mass is 234 g/mol. The van der Waals surface area contributed by atoms with Crippen molar-refractivity contribution in [1.82, 2.24) is 9.03 Å². The van der Waals surface area contributed by atoms with Crippen molar-refractivity contribution in [2.75, 3.05) is 13.1 Å². The van der Waals surface area contributed by atoms with Crippen molar-refractivity contribution in [1.29, 1.82) is 0 Å². The van der Waals surface area contributed by atoms with E-state index in [2.05, 4.69) is 4.72 Å². The van der Waals surface area contributed by atoms with Crippen LogP contribution in [0.15, 0.2) is 0 Å². The lowest BCUT2D eigenvalue weighted by molar-refractivity contribution is 0.265. The highest BCUT2D eigenvalue weighted by Gasteiger charge is 2.28. The lowest BCUT2D eigenvalue weighted by atomic mass is 10.1. The van der Waals surface area contributed by atoms with Gasteiger partial charge < -0.3 is 0 Å². The van der Waals surface area contributed by atoms with Crippen LogP contribution in [0.2, 0.25) is 0 Å². The van der Waals surface area contributed by atoms with Crippen LogP contribution in [-0.4, -0.2) is 31.9 Å². The molecule has 0 saturated carbocycles. The Kier molecular flexibility index (Phi) is 4.55. The molecule has 1 N–H and O–H groups in total. The number of nitrogens with one attached hydrogen (secondary N) is 1. The first kappa shape index (κ1) is 12.9. The van der Waals surface area contributed by atoms with Crippen molar-refractivity contribution >= 4 is 10.2 Å². The van der Waals surface area contributed by atoms with Gasteiger partial charge >= 0.3 is 0 Å². The highest BCUT2D eigenvalue weighted by Crippen LogP contribution is 2.18. The molecule has 0 radical (unpaired) electrons. The molecule has 15 heavy (non-hydrogen) atoms. The molecule has 0 aromatic carbocycles. The number of hydrogen-bond donors (Lipinski definition) is 1. The molecule has 4 nitrogen and oxygen atoms in total. The van der Waals surface area contributed by atoms with E-state index in [-0.39, 0.29) is 6.04 Å². The van der Waals surface area contributed by atoms with Gasteiger partial charge in [0.2, 0.25) is 0 Å². The van der Waals surface area contributed by atoms with Gasteiger partial charge in [-0.25, -0.2) is 4.72 Å². The van der Waals surface area contributed by atoms with Gasteiger partial charge in [-0.15, -0.1) is 0 Å². The van der Waals surface area contributed by atoms with E-state index in [0.29, 0.717) is 19.0 Å². The first-order chi connectivity index (χ1) is 6.93. The summed E-state index contributed by atoms with van der Waals surface area (Å²) in [6.45, 7) is 7.16. The zero-order valence-corrected chi connectivity index (χ0v) is 10.7. The molecule has 0 spiro atoms. The van der Waals surface area contributed by atoms with E-state index in [9.17, 15) is 8.42 Å². The van der Waals surface area contributed by atoms with Crippen molar-refractivity contribution in [2.24, 2.45) is 5.92 Å². The van der Waals surface area contributed by atoms with E-state index in [1.165, 1.54) is 0 Å². The van der Waals surface area contributed by atoms with E-state index < -0.39 is 10.2 Å². The van der Waals surface area contributed by atoms with E-state index >= 15 is 0 Å². The smallest absolute Gasteiger partial charge is 0.202 e. The molecular formula is C10H22N2O2S. The van der Waals surface area contributed by atoms with Crippen LogP contribution < -0.4 is 4.72 Å². The molecular weight excluding hydrogens is 212 g/mol. The molecule has 0 aromatic heterocycles. The normalized spacial score (nSPS) is 24.7. The van der Waals surface area contributed by atoms with Crippen LogP contribution in [-0.2, 0) is 10.2 Å². The van der Waals surface area contributed by atoms with E-state index in [1.54, 1.807) is 4.31 Å². The standard InChI is InChI=1S/C10H22N2O2S/c1-9(2)8-11-15(13,14)12-7-5-4-6-10(12)3/h9-11H,4-8H2,1-3H3/t10-/m0/s1. The van der Waals surface area contributed by atoms with Gasteiger partial charge in [0.1, 0.15) is 0 Å². The molecule has 0 aromatic rings. The molecule has 1 fully saturated rings. The predicted molar refractivity (Wildman–Crippen MR) is 61.8 cm³/mol. The third-order valence-electron chi connectivity index (χ3n) is 2.72.